The number of nitrogens with zero attached hydrogens (tertiary/aromatic N) is 2. The molecule has 20 heavy (non-hydrogen) atoms. The number of benzene rings is 1. The second-order valence-electron chi connectivity index (χ2n) is 6.00. The van der Waals surface area contributed by atoms with Crippen LogP contribution in [-0.2, 0) is 0 Å². The Labute approximate surface area is 123 Å². The SMILES string of the molecule is CC[C@@H](c1ccc(N2CCCC2)cc1)N1CCNCC1. The maximum Gasteiger partial charge on any atom is 0.0366 e. The topological polar surface area (TPSA) is 18.5 Å². The molecular formula is C17H27N3. The van der Waals surface area contributed by atoms with Crippen LogP contribution < -0.4 is 10.2 Å². The quantitative estimate of drug-likeness (QED) is 0.910. The molecule has 0 unspecified atom stereocenters. The molecule has 0 bridgehead atoms. The van der Waals surface area contributed by atoms with Crippen molar-refractivity contribution in [2.75, 3.05) is 44.2 Å². The summed E-state index contributed by atoms with van der Waals surface area (Å²) in [5.74, 6) is 0. The third kappa shape index (κ3) is 2.99. The summed E-state index contributed by atoms with van der Waals surface area (Å²) in [7, 11) is 0. The summed E-state index contributed by atoms with van der Waals surface area (Å²) >= 11 is 0. The van der Waals surface area contributed by atoms with Gasteiger partial charge < -0.3 is 10.2 Å². The van der Waals surface area contributed by atoms with Crippen LogP contribution in [0.5, 0.6) is 0 Å². The van der Waals surface area contributed by atoms with Crippen LogP contribution in [0.25, 0.3) is 0 Å². The Hall–Kier alpha value is -1.06. The van der Waals surface area contributed by atoms with E-state index in [0.29, 0.717) is 6.04 Å². The molecule has 110 valence electrons. The zero-order chi connectivity index (χ0) is 13.8. The molecule has 2 fully saturated rings. The highest BCUT2D eigenvalue weighted by Crippen LogP contribution is 2.27. The van der Waals surface area contributed by atoms with E-state index < -0.39 is 0 Å². The maximum atomic E-state index is 3.44. The van der Waals surface area contributed by atoms with Gasteiger partial charge in [-0.15, -0.1) is 0 Å². The molecule has 1 atom stereocenters. The summed E-state index contributed by atoms with van der Waals surface area (Å²) in [5.41, 5.74) is 2.89. The average molecular weight is 273 g/mol. The first-order valence-electron chi connectivity index (χ1n) is 8.18. The summed E-state index contributed by atoms with van der Waals surface area (Å²) in [6.07, 6.45) is 3.89. The molecule has 0 aliphatic carbocycles. The maximum absolute atomic E-state index is 3.44. The third-order valence-electron chi connectivity index (χ3n) is 4.73. The van der Waals surface area contributed by atoms with E-state index in [9.17, 15) is 0 Å². The number of anilines is 1. The number of rotatable bonds is 4. The van der Waals surface area contributed by atoms with E-state index in [1.807, 2.05) is 0 Å². The van der Waals surface area contributed by atoms with Crippen LogP contribution in [-0.4, -0.2) is 44.2 Å². The highest BCUT2D eigenvalue weighted by molar-refractivity contribution is 5.48. The molecular weight excluding hydrogens is 246 g/mol. The van der Waals surface area contributed by atoms with Crippen LogP contribution >= 0.6 is 0 Å². The molecule has 3 rings (SSSR count). The van der Waals surface area contributed by atoms with Gasteiger partial charge >= 0.3 is 0 Å². The van der Waals surface area contributed by atoms with Gasteiger partial charge in [0.25, 0.3) is 0 Å². The second-order valence-corrected chi connectivity index (χ2v) is 6.00. The first-order chi connectivity index (χ1) is 9.88. The number of piperazine rings is 1. The van der Waals surface area contributed by atoms with Gasteiger partial charge in [0.1, 0.15) is 0 Å². The Morgan fingerprint density at radius 1 is 1.00 bits per heavy atom. The van der Waals surface area contributed by atoms with E-state index in [0.717, 1.165) is 13.1 Å². The van der Waals surface area contributed by atoms with E-state index >= 15 is 0 Å². The summed E-state index contributed by atoms with van der Waals surface area (Å²) < 4.78 is 0. The number of nitrogens with one attached hydrogen (secondary N) is 1. The Bertz CT molecular complexity index is 403. The molecule has 1 aromatic rings. The van der Waals surface area contributed by atoms with Gasteiger partial charge in [0, 0.05) is 51.0 Å². The molecule has 0 aromatic heterocycles. The molecule has 0 amide bonds. The average Bonchev–Trinajstić information content (AvgIpc) is 3.04. The number of hydrogen-bond donors (Lipinski definition) is 1. The van der Waals surface area contributed by atoms with Crippen molar-refractivity contribution in [1.29, 1.82) is 0 Å². The van der Waals surface area contributed by atoms with Gasteiger partial charge in [-0.25, -0.2) is 0 Å². The summed E-state index contributed by atoms with van der Waals surface area (Å²) in [4.78, 5) is 5.14. The predicted octanol–water partition coefficient (Wildman–Crippen LogP) is 2.64. The Balaban J connectivity index is 1.71. The molecule has 2 aliphatic heterocycles. The predicted molar refractivity (Wildman–Crippen MR) is 85.4 cm³/mol. The van der Waals surface area contributed by atoms with Gasteiger partial charge in [-0.3, -0.25) is 4.90 Å². The third-order valence-corrected chi connectivity index (χ3v) is 4.73. The lowest BCUT2D eigenvalue weighted by atomic mass is 10.0. The fraction of sp³-hybridized carbons (Fsp3) is 0.647. The molecule has 0 saturated carbocycles. The molecule has 2 saturated heterocycles. The fourth-order valence-corrected chi connectivity index (χ4v) is 3.58. The molecule has 3 heteroatoms. The van der Waals surface area contributed by atoms with Gasteiger partial charge in [0.15, 0.2) is 0 Å². The lowest BCUT2D eigenvalue weighted by Crippen LogP contribution is -2.45. The van der Waals surface area contributed by atoms with Crippen LogP contribution in [0.2, 0.25) is 0 Å². The van der Waals surface area contributed by atoms with Crippen molar-refractivity contribution >= 4 is 5.69 Å². The molecule has 1 N–H and O–H groups in total. The highest BCUT2D eigenvalue weighted by atomic mass is 15.2. The minimum Gasteiger partial charge on any atom is -0.372 e. The van der Waals surface area contributed by atoms with Crippen molar-refractivity contribution in [3.05, 3.63) is 29.8 Å². The van der Waals surface area contributed by atoms with Crippen LogP contribution in [0.1, 0.15) is 37.8 Å². The largest absolute Gasteiger partial charge is 0.372 e. The number of hydrogen-bond acceptors (Lipinski definition) is 3. The first-order valence-corrected chi connectivity index (χ1v) is 8.18. The van der Waals surface area contributed by atoms with Gasteiger partial charge in [0.05, 0.1) is 0 Å². The normalized spacial score (nSPS) is 22.1. The zero-order valence-corrected chi connectivity index (χ0v) is 12.6. The highest BCUT2D eigenvalue weighted by Gasteiger charge is 2.20. The molecule has 1 aromatic carbocycles. The smallest absolute Gasteiger partial charge is 0.0366 e. The van der Waals surface area contributed by atoms with E-state index in [4.69, 9.17) is 0 Å². The summed E-state index contributed by atoms with van der Waals surface area (Å²) in [5, 5.41) is 3.44. The van der Waals surface area contributed by atoms with Gasteiger partial charge in [0.2, 0.25) is 0 Å². The van der Waals surface area contributed by atoms with Crippen LogP contribution in [0, 0.1) is 0 Å². The fourth-order valence-electron chi connectivity index (χ4n) is 3.58. The van der Waals surface area contributed by atoms with E-state index in [2.05, 4.69) is 46.3 Å². The van der Waals surface area contributed by atoms with E-state index in [-0.39, 0.29) is 0 Å². The van der Waals surface area contributed by atoms with Crippen molar-refractivity contribution in [1.82, 2.24) is 10.2 Å². The van der Waals surface area contributed by atoms with Gasteiger partial charge in [-0.2, -0.15) is 0 Å². The van der Waals surface area contributed by atoms with Crippen molar-refractivity contribution in [3.63, 3.8) is 0 Å². The Morgan fingerprint density at radius 3 is 2.25 bits per heavy atom. The van der Waals surface area contributed by atoms with E-state index in [1.165, 1.54) is 56.7 Å². The van der Waals surface area contributed by atoms with Gasteiger partial charge in [-0.05, 0) is 37.0 Å². The Kier molecular flexibility index (Phi) is 4.58. The molecule has 2 heterocycles. The first kappa shape index (κ1) is 13.9. The van der Waals surface area contributed by atoms with E-state index in [1.54, 1.807) is 0 Å². The van der Waals surface area contributed by atoms with Crippen LogP contribution in [0.15, 0.2) is 24.3 Å². The van der Waals surface area contributed by atoms with Crippen LogP contribution in [0.3, 0.4) is 0 Å². The van der Waals surface area contributed by atoms with Crippen molar-refractivity contribution in [2.45, 2.75) is 32.2 Å². The summed E-state index contributed by atoms with van der Waals surface area (Å²) in [6, 6.07) is 9.94. The monoisotopic (exact) mass is 273 g/mol. The minimum atomic E-state index is 0.588. The zero-order valence-electron chi connectivity index (χ0n) is 12.6. The standard InChI is InChI=1S/C17H27N3/c1-2-17(20-13-9-18-10-14-20)15-5-7-16(8-6-15)19-11-3-4-12-19/h5-8,17-18H,2-4,9-14H2,1H3/t17-/m0/s1. The van der Waals surface area contributed by atoms with Crippen molar-refractivity contribution in [3.8, 4) is 0 Å². The Morgan fingerprint density at radius 2 is 1.65 bits per heavy atom. The molecule has 0 spiro atoms. The van der Waals surface area contributed by atoms with Crippen molar-refractivity contribution < 1.29 is 0 Å². The lowest BCUT2D eigenvalue weighted by molar-refractivity contribution is 0.169. The van der Waals surface area contributed by atoms with Crippen molar-refractivity contribution in [2.24, 2.45) is 0 Å². The summed E-state index contributed by atoms with van der Waals surface area (Å²) in [6.45, 7) is 9.37. The van der Waals surface area contributed by atoms with Gasteiger partial charge in [-0.1, -0.05) is 19.1 Å². The molecule has 2 aliphatic rings. The molecule has 0 radical (unpaired) electrons. The van der Waals surface area contributed by atoms with Crippen LogP contribution in [0.4, 0.5) is 5.69 Å². The molecule has 3 nitrogen and oxygen atoms in total. The minimum absolute atomic E-state index is 0.588. The lowest BCUT2D eigenvalue weighted by Gasteiger charge is -2.35. The second kappa shape index (κ2) is 6.59.